The largest absolute Gasteiger partial charge is 0.473 e. The van der Waals surface area contributed by atoms with Gasteiger partial charge in [-0.2, -0.15) is 0 Å². The van der Waals surface area contributed by atoms with Crippen LogP contribution in [0.15, 0.2) is 12.5 Å². The summed E-state index contributed by atoms with van der Waals surface area (Å²) < 4.78 is 6.83. The Morgan fingerprint density at radius 1 is 1.53 bits per heavy atom. The van der Waals surface area contributed by atoms with Gasteiger partial charge in [0, 0.05) is 12.1 Å². The fourth-order valence-corrected chi connectivity index (χ4v) is 2.39. The Labute approximate surface area is 103 Å². The second-order valence-electron chi connectivity index (χ2n) is 3.76. The van der Waals surface area contributed by atoms with Crippen molar-refractivity contribution in [1.82, 2.24) is 9.97 Å². The summed E-state index contributed by atoms with van der Waals surface area (Å²) in [4.78, 5) is 8.06. The summed E-state index contributed by atoms with van der Waals surface area (Å²) in [6, 6.07) is 0. The van der Waals surface area contributed by atoms with Crippen LogP contribution in [0, 0.1) is 9.49 Å². The number of hydrogen-bond donors (Lipinski definition) is 1. The molecule has 5 heteroatoms. The Hall–Kier alpha value is -0.430. The molecule has 0 bridgehead atoms. The van der Waals surface area contributed by atoms with E-state index in [9.17, 15) is 0 Å². The van der Waals surface area contributed by atoms with E-state index in [2.05, 4.69) is 32.6 Å². The third kappa shape index (κ3) is 2.57. The fourth-order valence-electron chi connectivity index (χ4n) is 1.96. The molecular formula is C10H14IN3O. The summed E-state index contributed by atoms with van der Waals surface area (Å²) in [6.07, 6.45) is 6.97. The van der Waals surface area contributed by atoms with Crippen LogP contribution in [0.2, 0.25) is 0 Å². The van der Waals surface area contributed by atoms with Crippen molar-refractivity contribution in [3.63, 3.8) is 0 Å². The first-order valence-electron chi connectivity index (χ1n) is 5.13. The zero-order chi connectivity index (χ0) is 10.7. The number of nitrogens with two attached hydrogens (primary N) is 1. The van der Waals surface area contributed by atoms with Crippen LogP contribution in [0.3, 0.4) is 0 Å². The molecule has 82 valence electrons. The highest BCUT2D eigenvalue weighted by Gasteiger charge is 2.28. The quantitative estimate of drug-likeness (QED) is 0.860. The molecule has 1 fully saturated rings. The number of hydrogen-bond acceptors (Lipinski definition) is 4. The van der Waals surface area contributed by atoms with Gasteiger partial charge in [-0.3, -0.25) is 0 Å². The van der Waals surface area contributed by atoms with Gasteiger partial charge in [0.15, 0.2) is 0 Å². The van der Waals surface area contributed by atoms with Crippen molar-refractivity contribution in [3.8, 4) is 5.88 Å². The lowest BCUT2D eigenvalue weighted by Crippen LogP contribution is -2.28. The van der Waals surface area contributed by atoms with Gasteiger partial charge in [0.1, 0.15) is 12.4 Å². The Balaban J connectivity index is 2.05. The van der Waals surface area contributed by atoms with Crippen molar-refractivity contribution in [3.05, 3.63) is 16.1 Å². The first kappa shape index (κ1) is 11.1. The van der Waals surface area contributed by atoms with E-state index in [1.807, 2.05) is 0 Å². The number of aromatic nitrogens is 2. The maximum atomic E-state index is 5.87. The molecular weight excluding hydrogens is 305 g/mol. The third-order valence-electron chi connectivity index (χ3n) is 2.79. The molecule has 0 saturated heterocycles. The van der Waals surface area contributed by atoms with E-state index in [1.165, 1.54) is 19.2 Å². The smallest absolute Gasteiger partial charge is 0.230 e. The van der Waals surface area contributed by atoms with Crippen LogP contribution in [-0.4, -0.2) is 22.6 Å². The molecule has 2 atom stereocenters. The molecule has 0 spiro atoms. The highest BCUT2D eigenvalue weighted by atomic mass is 127. The summed E-state index contributed by atoms with van der Waals surface area (Å²) in [5.41, 5.74) is 5.70. The molecule has 2 N–H and O–H groups in total. The van der Waals surface area contributed by atoms with E-state index in [-0.39, 0.29) is 6.10 Å². The van der Waals surface area contributed by atoms with Gasteiger partial charge in [0.25, 0.3) is 0 Å². The second-order valence-corrected chi connectivity index (χ2v) is 4.92. The van der Waals surface area contributed by atoms with Gasteiger partial charge in [0.2, 0.25) is 5.88 Å². The Morgan fingerprint density at radius 3 is 3.13 bits per heavy atom. The molecule has 1 heterocycles. The molecule has 0 radical (unpaired) electrons. The van der Waals surface area contributed by atoms with E-state index in [4.69, 9.17) is 10.5 Å². The minimum atomic E-state index is 0.235. The minimum Gasteiger partial charge on any atom is -0.473 e. The van der Waals surface area contributed by atoms with Gasteiger partial charge < -0.3 is 10.5 Å². The molecule has 2 unspecified atom stereocenters. The summed E-state index contributed by atoms with van der Waals surface area (Å²) in [5.74, 6) is 1.17. The van der Waals surface area contributed by atoms with Crippen molar-refractivity contribution >= 4 is 22.6 Å². The van der Waals surface area contributed by atoms with E-state index >= 15 is 0 Å². The maximum Gasteiger partial charge on any atom is 0.230 e. The SMILES string of the molecule is NCC1CCCC1Oc1ncncc1I. The van der Waals surface area contributed by atoms with Crippen LogP contribution in [0.4, 0.5) is 0 Å². The van der Waals surface area contributed by atoms with Gasteiger partial charge in [-0.25, -0.2) is 9.97 Å². The molecule has 1 aromatic rings. The normalized spacial score (nSPS) is 25.5. The van der Waals surface area contributed by atoms with Crippen LogP contribution in [-0.2, 0) is 0 Å². The molecule has 1 aliphatic rings. The minimum absolute atomic E-state index is 0.235. The summed E-state index contributed by atoms with van der Waals surface area (Å²) >= 11 is 2.18. The summed E-state index contributed by atoms with van der Waals surface area (Å²) in [7, 11) is 0. The molecule has 2 rings (SSSR count). The van der Waals surface area contributed by atoms with E-state index in [1.54, 1.807) is 6.20 Å². The van der Waals surface area contributed by atoms with E-state index in [0.29, 0.717) is 18.3 Å². The Bertz CT molecular complexity index is 334. The van der Waals surface area contributed by atoms with Crippen molar-refractivity contribution in [2.24, 2.45) is 11.7 Å². The highest BCUT2D eigenvalue weighted by molar-refractivity contribution is 14.1. The first-order valence-corrected chi connectivity index (χ1v) is 6.21. The number of rotatable bonds is 3. The molecule has 1 saturated carbocycles. The van der Waals surface area contributed by atoms with Crippen molar-refractivity contribution in [1.29, 1.82) is 0 Å². The molecule has 0 aliphatic heterocycles. The fraction of sp³-hybridized carbons (Fsp3) is 0.600. The van der Waals surface area contributed by atoms with Crippen LogP contribution in [0.5, 0.6) is 5.88 Å². The van der Waals surface area contributed by atoms with Gasteiger partial charge in [-0.05, 0) is 48.4 Å². The predicted molar refractivity (Wildman–Crippen MR) is 65.6 cm³/mol. The number of nitrogens with zero attached hydrogens (tertiary/aromatic N) is 2. The average molecular weight is 319 g/mol. The lowest BCUT2D eigenvalue weighted by Gasteiger charge is -2.19. The van der Waals surface area contributed by atoms with Gasteiger partial charge >= 0.3 is 0 Å². The highest BCUT2D eigenvalue weighted by Crippen LogP contribution is 2.29. The lowest BCUT2D eigenvalue weighted by atomic mass is 10.1. The zero-order valence-corrected chi connectivity index (χ0v) is 10.6. The molecule has 0 amide bonds. The number of ether oxygens (including phenoxy) is 1. The predicted octanol–water partition coefficient (Wildman–Crippen LogP) is 1.59. The summed E-state index contributed by atoms with van der Waals surface area (Å²) in [5, 5.41) is 0. The molecule has 0 aromatic carbocycles. The van der Waals surface area contributed by atoms with Crippen LogP contribution >= 0.6 is 22.6 Å². The maximum absolute atomic E-state index is 5.87. The lowest BCUT2D eigenvalue weighted by molar-refractivity contribution is 0.154. The first-order chi connectivity index (χ1) is 7.31. The topological polar surface area (TPSA) is 61.0 Å². The van der Waals surface area contributed by atoms with Gasteiger partial charge in [0.05, 0.1) is 3.57 Å². The van der Waals surface area contributed by atoms with Crippen LogP contribution < -0.4 is 10.5 Å². The van der Waals surface area contributed by atoms with Crippen molar-refractivity contribution in [2.45, 2.75) is 25.4 Å². The molecule has 15 heavy (non-hydrogen) atoms. The third-order valence-corrected chi connectivity index (χ3v) is 3.53. The average Bonchev–Trinajstić information content (AvgIpc) is 2.69. The Kier molecular flexibility index (Phi) is 3.74. The second kappa shape index (κ2) is 5.07. The van der Waals surface area contributed by atoms with Gasteiger partial charge in [-0.15, -0.1) is 0 Å². The van der Waals surface area contributed by atoms with E-state index < -0.39 is 0 Å². The monoisotopic (exact) mass is 319 g/mol. The molecule has 1 aliphatic carbocycles. The van der Waals surface area contributed by atoms with Crippen LogP contribution in [0.25, 0.3) is 0 Å². The standard InChI is InChI=1S/C10H14IN3O/c11-8-5-13-6-14-10(8)15-9-3-1-2-7(9)4-12/h5-7,9H,1-4,12H2. The molecule has 1 aromatic heterocycles. The Morgan fingerprint density at radius 2 is 2.40 bits per heavy atom. The number of halogens is 1. The van der Waals surface area contributed by atoms with Crippen molar-refractivity contribution < 1.29 is 4.74 Å². The molecule has 4 nitrogen and oxygen atoms in total. The van der Waals surface area contributed by atoms with Crippen LogP contribution in [0.1, 0.15) is 19.3 Å². The van der Waals surface area contributed by atoms with Crippen molar-refractivity contribution in [2.75, 3.05) is 6.54 Å². The van der Waals surface area contributed by atoms with E-state index in [0.717, 1.165) is 9.99 Å². The zero-order valence-electron chi connectivity index (χ0n) is 8.40. The van der Waals surface area contributed by atoms with Gasteiger partial charge in [-0.1, -0.05) is 0 Å². The summed E-state index contributed by atoms with van der Waals surface area (Å²) in [6.45, 7) is 0.701.